The molecule has 8 heteroatoms. The molecule has 1 N–H and O–H groups in total. The van der Waals surface area contributed by atoms with Gasteiger partial charge in [0.05, 0.1) is 10.6 Å². The Morgan fingerprint density at radius 3 is 2.08 bits per heavy atom. The Kier molecular flexibility index (Phi) is 10.5. The van der Waals surface area contributed by atoms with E-state index in [1.165, 1.54) is 21.3 Å². The second kappa shape index (κ2) is 13.6. The minimum Gasteiger partial charge on any atom is -0.352 e. The van der Waals surface area contributed by atoms with Crippen LogP contribution in [0.3, 0.4) is 0 Å². The lowest BCUT2D eigenvalue weighted by atomic mass is 10.1. The Balaban J connectivity index is 2.08. The summed E-state index contributed by atoms with van der Waals surface area (Å²) in [5, 5.41) is 3.00. The van der Waals surface area contributed by atoms with Gasteiger partial charge in [0.2, 0.25) is 11.8 Å². The molecule has 0 saturated heterocycles. The lowest BCUT2D eigenvalue weighted by Crippen LogP contribution is -2.53. The van der Waals surface area contributed by atoms with Gasteiger partial charge >= 0.3 is 0 Å². The summed E-state index contributed by atoms with van der Waals surface area (Å²) in [6.45, 7) is 11.2. The van der Waals surface area contributed by atoms with E-state index in [0.29, 0.717) is 12.1 Å². The molecule has 0 bridgehead atoms. The first kappa shape index (κ1) is 30.9. The van der Waals surface area contributed by atoms with Crippen molar-refractivity contribution in [2.24, 2.45) is 0 Å². The molecule has 0 spiro atoms. The zero-order valence-electron chi connectivity index (χ0n) is 24.3. The molecule has 3 rings (SSSR count). The number of nitrogens with zero attached hydrogens (tertiary/aromatic N) is 2. The molecule has 214 valence electrons. The van der Waals surface area contributed by atoms with E-state index in [0.717, 1.165) is 28.7 Å². The monoisotopic (exact) mass is 563 g/mol. The molecule has 0 aliphatic rings. The summed E-state index contributed by atoms with van der Waals surface area (Å²) in [5.41, 5.74) is 3.97. The Hall–Kier alpha value is -3.65. The van der Waals surface area contributed by atoms with Crippen LogP contribution >= 0.6 is 0 Å². The lowest BCUT2D eigenvalue weighted by molar-refractivity contribution is -0.140. The quantitative estimate of drug-likeness (QED) is 0.314. The van der Waals surface area contributed by atoms with Crippen LogP contribution in [0.1, 0.15) is 55.9 Å². The first-order chi connectivity index (χ1) is 19.0. The van der Waals surface area contributed by atoms with E-state index in [9.17, 15) is 18.0 Å². The molecule has 3 aromatic rings. The predicted molar refractivity (Wildman–Crippen MR) is 161 cm³/mol. The molecule has 0 aliphatic carbocycles. The molecule has 0 aromatic heterocycles. The minimum absolute atomic E-state index is 0.0530. The Morgan fingerprint density at radius 2 is 1.48 bits per heavy atom. The standard InChI is InChI=1S/C32H41N3O4S/c1-7-26(6)33-32(37)29(8-2)34(21-27-18-15-23(3)16-19-27)31(36)22-35(30-20-24(4)14-17-25(30)5)40(38,39)28-12-10-9-11-13-28/h9-20,26,29H,7-8,21-22H2,1-6H3,(H,33,37)/t26-,29+/m1/s1. The highest BCUT2D eigenvalue weighted by molar-refractivity contribution is 7.92. The van der Waals surface area contributed by atoms with E-state index in [2.05, 4.69) is 5.32 Å². The summed E-state index contributed by atoms with van der Waals surface area (Å²) in [4.78, 5) is 29.2. The predicted octanol–water partition coefficient (Wildman–Crippen LogP) is 5.53. The summed E-state index contributed by atoms with van der Waals surface area (Å²) in [7, 11) is -4.09. The van der Waals surface area contributed by atoms with Crippen LogP contribution in [0, 0.1) is 20.8 Å². The van der Waals surface area contributed by atoms with Crippen molar-refractivity contribution in [1.29, 1.82) is 0 Å². The highest BCUT2D eigenvalue weighted by atomic mass is 32.2. The van der Waals surface area contributed by atoms with Crippen LogP contribution in [0.25, 0.3) is 0 Å². The average Bonchev–Trinajstić information content (AvgIpc) is 2.94. The number of hydrogen-bond donors (Lipinski definition) is 1. The summed E-state index contributed by atoms with van der Waals surface area (Å²) < 4.78 is 29.1. The fourth-order valence-corrected chi connectivity index (χ4v) is 5.96. The fraction of sp³-hybridized carbons (Fsp3) is 0.375. The van der Waals surface area contributed by atoms with E-state index in [4.69, 9.17) is 0 Å². The van der Waals surface area contributed by atoms with E-state index in [1.54, 1.807) is 24.3 Å². The third-order valence-corrected chi connectivity index (χ3v) is 8.88. The van der Waals surface area contributed by atoms with E-state index in [1.807, 2.05) is 77.9 Å². The van der Waals surface area contributed by atoms with Crippen molar-refractivity contribution in [3.05, 3.63) is 95.1 Å². The number of benzene rings is 3. The molecule has 2 amide bonds. The van der Waals surface area contributed by atoms with Gasteiger partial charge in [-0.05, 0) is 75.4 Å². The van der Waals surface area contributed by atoms with E-state index in [-0.39, 0.29) is 23.4 Å². The average molecular weight is 564 g/mol. The van der Waals surface area contributed by atoms with Crippen molar-refractivity contribution in [1.82, 2.24) is 10.2 Å². The van der Waals surface area contributed by atoms with Gasteiger partial charge in [0.25, 0.3) is 10.0 Å². The Morgan fingerprint density at radius 1 is 0.850 bits per heavy atom. The minimum atomic E-state index is -4.09. The van der Waals surface area contributed by atoms with Crippen LogP contribution in [-0.4, -0.2) is 43.8 Å². The summed E-state index contributed by atoms with van der Waals surface area (Å²) in [6.07, 6.45) is 1.14. The van der Waals surface area contributed by atoms with Gasteiger partial charge in [-0.3, -0.25) is 13.9 Å². The molecule has 0 heterocycles. The van der Waals surface area contributed by atoms with Gasteiger partial charge < -0.3 is 10.2 Å². The number of amides is 2. The molecule has 0 radical (unpaired) electrons. The van der Waals surface area contributed by atoms with Crippen molar-refractivity contribution in [2.45, 2.75) is 77.9 Å². The molecule has 7 nitrogen and oxygen atoms in total. The summed E-state index contributed by atoms with van der Waals surface area (Å²) in [5.74, 6) is -0.700. The zero-order valence-corrected chi connectivity index (χ0v) is 25.2. The second-order valence-electron chi connectivity index (χ2n) is 10.4. The smallest absolute Gasteiger partial charge is 0.264 e. The first-order valence-corrected chi connectivity index (χ1v) is 15.2. The van der Waals surface area contributed by atoms with E-state index < -0.39 is 28.5 Å². The fourth-order valence-electron chi connectivity index (χ4n) is 4.47. The highest BCUT2D eigenvalue weighted by Gasteiger charge is 2.34. The van der Waals surface area contributed by atoms with Crippen LogP contribution in [0.2, 0.25) is 0 Å². The topological polar surface area (TPSA) is 86.8 Å². The molecule has 2 atom stereocenters. The molecule has 0 saturated carbocycles. The molecular formula is C32H41N3O4S. The van der Waals surface area contributed by atoms with Crippen LogP contribution in [0.4, 0.5) is 5.69 Å². The van der Waals surface area contributed by atoms with Gasteiger partial charge in [-0.2, -0.15) is 0 Å². The number of hydrogen-bond acceptors (Lipinski definition) is 4. The van der Waals surface area contributed by atoms with Crippen molar-refractivity contribution in [2.75, 3.05) is 10.8 Å². The van der Waals surface area contributed by atoms with Crippen LogP contribution in [0.5, 0.6) is 0 Å². The van der Waals surface area contributed by atoms with E-state index >= 15 is 0 Å². The lowest BCUT2D eigenvalue weighted by Gasteiger charge is -2.34. The molecular weight excluding hydrogens is 522 g/mol. The number of sulfonamides is 1. The molecule has 40 heavy (non-hydrogen) atoms. The first-order valence-electron chi connectivity index (χ1n) is 13.8. The van der Waals surface area contributed by atoms with Crippen LogP contribution < -0.4 is 9.62 Å². The number of anilines is 1. The van der Waals surface area contributed by atoms with Crippen LogP contribution in [0.15, 0.2) is 77.7 Å². The van der Waals surface area contributed by atoms with Gasteiger partial charge in [-0.15, -0.1) is 0 Å². The van der Waals surface area contributed by atoms with Crippen molar-refractivity contribution in [3.63, 3.8) is 0 Å². The van der Waals surface area contributed by atoms with Gasteiger partial charge in [-0.1, -0.05) is 74.0 Å². The van der Waals surface area contributed by atoms with Crippen molar-refractivity contribution in [3.8, 4) is 0 Å². The third-order valence-electron chi connectivity index (χ3n) is 7.10. The molecule has 3 aromatic carbocycles. The Labute approximate surface area is 239 Å². The van der Waals surface area contributed by atoms with Gasteiger partial charge in [-0.25, -0.2) is 8.42 Å². The van der Waals surface area contributed by atoms with Crippen molar-refractivity contribution >= 4 is 27.5 Å². The number of rotatable bonds is 12. The molecule has 0 aliphatic heterocycles. The largest absolute Gasteiger partial charge is 0.352 e. The Bertz CT molecular complexity index is 1410. The number of carbonyl (C=O) groups excluding carboxylic acids is 2. The second-order valence-corrected chi connectivity index (χ2v) is 12.2. The number of carbonyl (C=O) groups is 2. The van der Waals surface area contributed by atoms with Crippen LogP contribution in [-0.2, 0) is 26.2 Å². The maximum Gasteiger partial charge on any atom is 0.264 e. The SMILES string of the molecule is CC[C@@H](C)NC(=O)[C@H](CC)N(Cc1ccc(C)cc1)C(=O)CN(c1cc(C)ccc1C)S(=O)(=O)c1ccccc1. The summed E-state index contributed by atoms with van der Waals surface area (Å²) in [6, 6.07) is 20.6. The highest BCUT2D eigenvalue weighted by Crippen LogP contribution is 2.28. The zero-order chi connectivity index (χ0) is 29.4. The van der Waals surface area contributed by atoms with Gasteiger partial charge in [0, 0.05) is 12.6 Å². The molecule has 0 unspecified atom stereocenters. The number of nitrogens with one attached hydrogen (secondary N) is 1. The van der Waals surface area contributed by atoms with Gasteiger partial charge in [0.15, 0.2) is 0 Å². The maximum atomic E-state index is 14.2. The van der Waals surface area contributed by atoms with Gasteiger partial charge in [0.1, 0.15) is 12.6 Å². The number of aryl methyl sites for hydroxylation is 3. The molecule has 0 fully saturated rings. The normalized spacial score (nSPS) is 12.8. The summed E-state index contributed by atoms with van der Waals surface area (Å²) >= 11 is 0. The maximum absolute atomic E-state index is 14.2. The van der Waals surface area contributed by atoms with Crippen molar-refractivity contribution < 1.29 is 18.0 Å². The third kappa shape index (κ3) is 7.50.